The van der Waals surface area contributed by atoms with Crippen LogP contribution in [0.25, 0.3) is 11.1 Å². The molecule has 2 aromatic carbocycles. The summed E-state index contributed by atoms with van der Waals surface area (Å²) in [7, 11) is 3.13. The van der Waals surface area contributed by atoms with Gasteiger partial charge in [0.05, 0.1) is 12.7 Å². The van der Waals surface area contributed by atoms with Crippen molar-refractivity contribution in [1.82, 2.24) is 10.2 Å². The molecule has 0 radical (unpaired) electrons. The summed E-state index contributed by atoms with van der Waals surface area (Å²) in [6, 6.07) is 8.60. The van der Waals surface area contributed by atoms with Gasteiger partial charge in [0.15, 0.2) is 0 Å². The average molecular weight is 346 g/mol. The molecule has 0 saturated carbocycles. The predicted molar refractivity (Wildman–Crippen MR) is 91.7 cm³/mol. The second-order valence-corrected chi connectivity index (χ2v) is 6.10. The Balaban J connectivity index is 1.87. The first kappa shape index (κ1) is 17.4. The molecule has 0 aliphatic carbocycles. The number of likely N-dealkylation sites (N-methyl/N-ethyl adjacent to an activating group) is 1. The number of hydrogen-bond donors (Lipinski definition) is 1. The summed E-state index contributed by atoms with van der Waals surface area (Å²) in [4.78, 5) is 14.1. The van der Waals surface area contributed by atoms with Gasteiger partial charge < -0.3 is 15.0 Å². The summed E-state index contributed by atoms with van der Waals surface area (Å²) in [5.41, 5.74) is 0.624. The van der Waals surface area contributed by atoms with E-state index in [1.165, 1.54) is 31.4 Å². The monoisotopic (exact) mass is 346 g/mol. The van der Waals surface area contributed by atoms with E-state index in [1.807, 2.05) is 0 Å². The lowest BCUT2D eigenvalue weighted by atomic mass is 10.0. The Morgan fingerprint density at radius 1 is 1.20 bits per heavy atom. The van der Waals surface area contributed by atoms with Crippen LogP contribution in [-0.4, -0.2) is 44.1 Å². The Kier molecular flexibility index (Phi) is 4.99. The van der Waals surface area contributed by atoms with E-state index < -0.39 is 11.6 Å². The molecule has 25 heavy (non-hydrogen) atoms. The van der Waals surface area contributed by atoms with E-state index in [-0.39, 0.29) is 23.1 Å². The second-order valence-electron chi connectivity index (χ2n) is 6.10. The van der Waals surface area contributed by atoms with E-state index in [1.54, 1.807) is 24.1 Å². The van der Waals surface area contributed by atoms with Crippen molar-refractivity contribution in [2.45, 2.75) is 12.5 Å². The van der Waals surface area contributed by atoms with Crippen molar-refractivity contribution in [3.8, 4) is 16.9 Å². The normalized spacial score (nSPS) is 16.7. The van der Waals surface area contributed by atoms with Gasteiger partial charge in [0.2, 0.25) is 0 Å². The highest BCUT2D eigenvalue weighted by Gasteiger charge is 2.26. The lowest BCUT2D eigenvalue weighted by Crippen LogP contribution is -2.38. The number of hydrogen-bond acceptors (Lipinski definition) is 3. The maximum Gasteiger partial charge on any atom is 0.256 e. The van der Waals surface area contributed by atoms with E-state index in [0.717, 1.165) is 13.0 Å². The molecule has 1 amide bonds. The molecular weight excluding hydrogens is 326 g/mol. The smallest absolute Gasteiger partial charge is 0.256 e. The number of amides is 1. The Labute approximate surface area is 145 Å². The molecule has 2 aromatic rings. The quantitative estimate of drug-likeness (QED) is 0.925. The van der Waals surface area contributed by atoms with E-state index in [9.17, 15) is 13.6 Å². The van der Waals surface area contributed by atoms with Crippen molar-refractivity contribution < 1.29 is 18.3 Å². The molecule has 1 unspecified atom stereocenters. The molecule has 1 atom stereocenters. The number of benzene rings is 2. The van der Waals surface area contributed by atoms with Crippen LogP contribution < -0.4 is 10.1 Å². The van der Waals surface area contributed by atoms with Gasteiger partial charge in [-0.05, 0) is 42.8 Å². The Morgan fingerprint density at radius 3 is 2.60 bits per heavy atom. The molecule has 1 N–H and O–H groups in total. The van der Waals surface area contributed by atoms with Crippen molar-refractivity contribution in [1.29, 1.82) is 0 Å². The van der Waals surface area contributed by atoms with Gasteiger partial charge in [-0.1, -0.05) is 6.07 Å². The summed E-state index contributed by atoms with van der Waals surface area (Å²) >= 11 is 0. The summed E-state index contributed by atoms with van der Waals surface area (Å²) < 4.78 is 33.6. The fourth-order valence-corrected chi connectivity index (χ4v) is 3.04. The molecule has 0 spiro atoms. The van der Waals surface area contributed by atoms with Gasteiger partial charge in [0.1, 0.15) is 17.4 Å². The van der Waals surface area contributed by atoms with Crippen LogP contribution >= 0.6 is 0 Å². The maximum absolute atomic E-state index is 14.5. The molecule has 1 saturated heterocycles. The summed E-state index contributed by atoms with van der Waals surface area (Å²) in [5.74, 6) is -1.14. The molecule has 4 nitrogen and oxygen atoms in total. The van der Waals surface area contributed by atoms with Crippen LogP contribution in [0.5, 0.6) is 5.75 Å². The summed E-state index contributed by atoms with van der Waals surface area (Å²) in [6.07, 6.45) is 0.846. The first-order valence-electron chi connectivity index (χ1n) is 8.12. The first-order valence-corrected chi connectivity index (χ1v) is 8.12. The molecule has 1 fully saturated rings. The Bertz CT molecular complexity index is 789. The largest absolute Gasteiger partial charge is 0.497 e. The van der Waals surface area contributed by atoms with Crippen molar-refractivity contribution in [3.05, 3.63) is 53.6 Å². The third-order valence-corrected chi connectivity index (χ3v) is 4.59. The summed E-state index contributed by atoms with van der Waals surface area (Å²) in [6.45, 7) is 1.56. The highest BCUT2D eigenvalue weighted by atomic mass is 19.1. The van der Waals surface area contributed by atoms with Crippen molar-refractivity contribution >= 4 is 5.91 Å². The van der Waals surface area contributed by atoms with Crippen LogP contribution in [0.3, 0.4) is 0 Å². The van der Waals surface area contributed by atoms with E-state index in [0.29, 0.717) is 17.9 Å². The molecule has 1 heterocycles. The topological polar surface area (TPSA) is 41.6 Å². The van der Waals surface area contributed by atoms with Crippen LogP contribution in [-0.2, 0) is 0 Å². The SMILES string of the molecule is COc1ccc(-c2ccc(C(=O)N(C)C3CCNC3)c(F)c2)c(F)c1. The number of halogens is 2. The first-order chi connectivity index (χ1) is 12.0. The minimum Gasteiger partial charge on any atom is -0.497 e. The maximum atomic E-state index is 14.5. The number of nitrogens with one attached hydrogen (secondary N) is 1. The van der Waals surface area contributed by atoms with Gasteiger partial charge in [0.25, 0.3) is 5.91 Å². The van der Waals surface area contributed by atoms with Gasteiger partial charge in [-0.25, -0.2) is 8.78 Å². The molecule has 6 heteroatoms. The zero-order valence-corrected chi connectivity index (χ0v) is 14.2. The zero-order chi connectivity index (χ0) is 18.0. The lowest BCUT2D eigenvalue weighted by Gasteiger charge is -2.24. The number of nitrogens with zero attached hydrogens (tertiary/aromatic N) is 1. The van der Waals surface area contributed by atoms with Crippen LogP contribution in [0, 0.1) is 11.6 Å². The van der Waals surface area contributed by atoms with Crippen molar-refractivity contribution in [2.24, 2.45) is 0 Å². The number of rotatable bonds is 4. The molecule has 1 aliphatic heterocycles. The van der Waals surface area contributed by atoms with Crippen molar-refractivity contribution in [3.63, 3.8) is 0 Å². The van der Waals surface area contributed by atoms with Crippen LogP contribution in [0.1, 0.15) is 16.8 Å². The highest BCUT2D eigenvalue weighted by Crippen LogP contribution is 2.28. The number of carbonyl (C=O) groups excluding carboxylic acids is 1. The minimum atomic E-state index is -0.657. The number of carbonyl (C=O) groups is 1. The van der Waals surface area contributed by atoms with Crippen LogP contribution in [0.2, 0.25) is 0 Å². The van der Waals surface area contributed by atoms with Gasteiger partial charge in [-0.15, -0.1) is 0 Å². The van der Waals surface area contributed by atoms with Gasteiger partial charge in [-0.2, -0.15) is 0 Å². The van der Waals surface area contributed by atoms with E-state index >= 15 is 0 Å². The minimum absolute atomic E-state index is 0.00734. The second kappa shape index (κ2) is 7.19. The number of methoxy groups -OCH3 is 1. The predicted octanol–water partition coefficient (Wildman–Crippen LogP) is 3.07. The van der Waals surface area contributed by atoms with E-state index in [2.05, 4.69) is 5.32 Å². The molecule has 3 rings (SSSR count). The van der Waals surface area contributed by atoms with Crippen LogP contribution in [0.4, 0.5) is 8.78 Å². The van der Waals surface area contributed by atoms with Crippen molar-refractivity contribution in [2.75, 3.05) is 27.2 Å². The average Bonchev–Trinajstić information content (AvgIpc) is 3.15. The van der Waals surface area contributed by atoms with E-state index in [4.69, 9.17) is 4.74 Å². The number of ether oxygens (including phenoxy) is 1. The highest BCUT2D eigenvalue weighted by molar-refractivity contribution is 5.95. The molecule has 132 valence electrons. The fourth-order valence-electron chi connectivity index (χ4n) is 3.04. The Hall–Kier alpha value is -2.47. The lowest BCUT2D eigenvalue weighted by molar-refractivity contribution is 0.0739. The van der Waals surface area contributed by atoms with Crippen LogP contribution in [0.15, 0.2) is 36.4 Å². The molecular formula is C19H20F2N2O2. The molecule has 0 aromatic heterocycles. The van der Waals surface area contributed by atoms with Gasteiger partial charge >= 0.3 is 0 Å². The third kappa shape index (κ3) is 3.49. The molecule has 1 aliphatic rings. The zero-order valence-electron chi connectivity index (χ0n) is 14.2. The standard InChI is InChI=1S/C19H20F2N2O2/c1-23(13-7-8-22-11-13)19(24)16-5-3-12(9-17(16)20)15-6-4-14(25-2)10-18(15)21/h3-6,9-10,13,22H,7-8,11H2,1-2H3. The fraction of sp³-hybridized carbons (Fsp3) is 0.316. The molecule has 0 bridgehead atoms. The summed E-state index contributed by atoms with van der Waals surface area (Å²) in [5, 5.41) is 3.18. The van der Waals surface area contributed by atoms with Gasteiger partial charge in [0, 0.05) is 31.3 Å². The third-order valence-electron chi connectivity index (χ3n) is 4.59. The van der Waals surface area contributed by atoms with Gasteiger partial charge in [-0.3, -0.25) is 4.79 Å². The Morgan fingerprint density at radius 2 is 2.00 bits per heavy atom.